The van der Waals surface area contributed by atoms with Gasteiger partial charge in [-0.25, -0.2) is 9.97 Å². The molecule has 0 aromatic carbocycles. The molecule has 5 nitrogen and oxygen atoms in total. The van der Waals surface area contributed by atoms with Crippen LogP contribution in [0.3, 0.4) is 0 Å². The Morgan fingerprint density at radius 3 is 2.82 bits per heavy atom. The molecule has 0 fully saturated rings. The molecular weight excluding hydrogens is 237 g/mol. The lowest BCUT2D eigenvalue weighted by molar-refractivity contribution is -0.153. The Morgan fingerprint density at radius 2 is 2.18 bits per heavy atom. The predicted molar refractivity (Wildman–Crippen MR) is 53.3 cm³/mol. The van der Waals surface area contributed by atoms with Crippen LogP contribution in [0.4, 0.5) is 13.2 Å². The van der Waals surface area contributed by atoms with Crippen LogP contribution in [0.5, 0.6) is 5.75 Å². The summed E-state index contributed by atoms with van der Waals surface area (Å²) in [6.07, 6.45) is -3.05. The Morgan fingerprint density at radius 1 is 1.41 bits per heavy atom. The fourth-order valence-electron chi connectivity index (χ4n) is 1.31. The van der Waals surface area contributed by atoms with Gasteiger partial charge >= 0.3 is 6.18 Å². The van der Waals surface area contributed by atoms with Crippen LogP contribution < -0.4 is 10.5 Å². The molecule has 2 rings (SSSR count). The Bertz CT molecular complexity index is 522. The van der Waals surface area contributed by atoms with E-state index in [9.17, 15) is 13.2 Å². The number of pyridine rings is 1. The first kappa shape index (κ1) is 11.6. The lowest BCUT2D eigenvalue weighted by Gasteiger charge is -2.08. The van der Waals surface area contributed by atoms with Crippen LogP contribution in [0.25, 0.3) is 11.2 Å². The Hall–Kier alpha value is -1.83. The fourth-order valence-corrected chi connectivity index (χ4v) is 1.31. The number of nitrogens with one attached hydrogen (secondary N) is 1. The van der Waals surface area contributed by atoms with Crippen molar-refractivity contribution in [3.05, 3.63) is 18.1 Å². The van der Waals surface area contributed by atoms with Gasteiger partial charge in [-0.1, -0.05) is 0 Å². The number of nitrogens with two attached hydrogens (primary N) is 1. The number of rotatable bonds is 3. The Labute approximate surface area is 93.8 Å². The zero-order valence-electron chi connectivity index (χ0n) is 8.58. The van der Waals surface area contributed by atoms with Gasteiger partial charge in [0.1, 0.15) is 17.1 Å². The molecule has 0 bridgehead atoms. The molecule has 0 amide bonds. The number of H-pyrrole nitrogens is 1. The van der Waals surface area contributed by atoms with E-state index in [2.05, 4.69) is 19.7 Å². The summed E-state index contributed by atoms with van der Waals surface area (Å²) in [6, 6.07) is 1.34. The summed E-state index contributed by atoms with van der Waals surface area (Å²) in [4.78, 5) is 10.6. The molecule has 2 aromatic rings. The molecule has 0 radical (unpaired) electrons. The third-order valence-corrected chi connectivity index (χ3v) is 1.99. The summed E-state index contributed by atoms with van der Waals surface area (Å²) in [7, 11) is 0. The number of alkyl halides is 3. The van der Waals surface area contributed by atoms with Crippen molar-refractivity contribution in [2.45, 2.75) is 12.7 Å². The van der Waals surface area contributed by atoms with Crippen LogP contribution in [0.2, 0.25) is 0 Å². The third kappa shape index (κ3) is 2.64. The van der Waals surface area contributed by atoms with E-state index in [1.165, 1.54) is 12.3 Å². The summed E-state index contributed by atoms with van der Waals surface area (Å²) >= 11 is 0. The normalized spacial score (nSPS) is 12.0. The molecule has 0 saturated carbocycles. The van der Waals surface area contributed by atoms with E-state index in [0.717, 1.165) is 0 Å². The summed E-state index contributed by atoms with van der Waals surface area (Å²) in [6.45, 7) is -1.21. The largest absolute Gasteiger partial charge is 0.482 e. The number of ether oxygens (including phenoxy) is 1. The highest BCUT2D eigenvalue weighted by Crippen LogP contribution is 2.24. The number of hydrogen-bond acceptors (Lipinski definition) is 4. The smallest absolute Gasteiger partial charge is 0.422 e. The van der Waals surface area contributed by atoms with Gasteiger partial charge in [0.05, 0.1) is 6.54 Å². The highest BCUT2D eigenvalue weighted by Gasteiger charge is 2.28. The van der Waals surface area contributed by atoms with Crippen molar-refractivity contribution < 1.29 is 17.9 Å². The van der Waals surface area contributed by atoms with Crippen LogP contribution in [0.1, 0.15) is 5.82 Å². The lowest BCUT2D eigenvalue weighted by Crippen LogP contribution is -2.19. The minimum atomic E-state index is -4.38. The predicted octanol–water partition coefficient (Wildman–Crippen LogP) is 1.36. The molecule has 0 atom stereocenters. The number of imidazole rings is 1. The maximum atomic E-state index is 12.0. The molecule has 0 saturated heterocycles. The van der Waals surface area contributed by atoms with Gasteiger partial charge in [0.25, 0.3) is 0 Å². The molecule has 0 spiro atoms. The van der Waals surface area contributed by atoms with Crippen molar-refractivity contribution in [3.63, 3.8) is 0 Å². The second-order valence-corrected chi connectivity index (χ2v) is 3.30. The number of aromatic nitrogens is 3. The van der Waals surface area contributed by atoms with Crippen molar-refractivity contribution in [2.24, 2.45) is 5.73 Å². The molecule has 8 heteroatoms. The summed E-state index contributed by atoms with van der Waals surface area (Å²) in [5.74, 6) is 0.495. The van der Waals surface area contributed by atoms with Gasteiger partial charge in [-0.05, 0) is 0 Å². The van der Waals surface area contributed by atoms with Crippen LogP contribution in [-0.2, 0) is 6.54 Å². The molecule has 17 heavy (non-hydrogen) atoms. The van der Waals surface area contributed by atoms with Gasteiger partial charge in [0, 0.05) is 12.3 Å². The average molecular weight is 246 g/mol. The minimum Gasteiger partial charge on any atom is -0.482 e. The molecular formula is C9H9F3N4O. The van der Waals surface area contributed by atoms with Crippen molar-refractivity contribution in [3.8, 4) is 5.75 Å². The van der Waals surface area contributed by atoms with Crippen molar-refractivity contribution in [1.29, 1.82) is 0 Å². The monoisotopic (exact) mass is 246 g/mol. The second-order valence-electron chi connectivity index (χ2n) is 3.30. The van der Waals surface area contributed by atoms with Gasteiger partial charge in [0.15, 0.2) is 12.3 Å². The zero-order valence-corrected chi connectivity index (χ0v) is 8.58. The second kappa shape index (κ2) is 4.21. The Kier molecular flexibility index (Phi) is 2.88. The molecule has 0 aliphatic carbocycles. The highest BCUT2D eigenvalue weighted by atomic mass is 19.4. The van der Waals surface area contributed by atoms with E-state index in [-0.39, 0.29) is 17.9 Å². The Balaban J connectivity index is 2.30. The molecule has 0 aliphatic heterocycles. The van der Waals surface area contributed by atoms with Gasteiger partial charge in [-0.3, -0.25) is 0 Å². The van der Waals surface area contributed by atoms with E-state index in [4.69, 9.17) is 5.73 Å². The van der Waals surface area contributed by atoms with Crippen molar-refractivity contribution in [2.75, 3.05) is 6.61 Å². The molecule has 2 heterocycles. The van der Waals surface area contributed by atoms with Gasteiger partial charge < -0.3 is 15.5 Å². The molecule has 0 aliphatic rings. The first-order chi connectivity index (χ1) is 7.99. The van der Waals surface area contributed by atoms with Gasteiger partial charge in [-0.2, -0.15) is 13.2 Å². The molecule has 3 N–H and O–H groups in total. The van der Waals surface area contributed by atoms with Gasteiger partial charge in [0.2, 0.25) is 0 Å². The quantitative estimate of drug-likeness (QED) is 0.857. The molecule has 0 unspecified atom stereocenters. The van der Waals surface area contributed by atoms with Crippen molar-refractivity contribution >= 4 is 11.2 Å². The average Bonchev–Trinajstić information content (AvgIpc) is 2.68. The minimum absolute atomic E-state index is 0.0551. The first-order valence-electron chi connectivity index (χ1n) is 4.73. The number of fused-ring (bicyclic) bond motifs is 1. The number of aromatic amines is 1. The van der Waals surface area contributed by atoms with Gasteiger partial charge in [-0.15, -0.1) is 0 Å². The zero-order chi connectivity index (χ0) is 12.5. The fraction of sp³-hybridized carbons (Fsp3) is 0.333. The van der Waals surface area contributed by atoms with Crippen LogP contribution in [-0.4, -0.2) is 27.7 Å². The number of hydrogen-bond donors (Lipinski definition) is 2. The highest BCUT2D eigenvalue weighted by molar-refractivity contribution is 5.77. The molecule has 92 valence electrons. The maximum absolute atomic E-state index is 12.0. The lowest BCUT2D eigenvalue weighted by atomic mass is 10.4. The van der Waals surface area contributed by atoms with E-state index < -0.39 is 12.8 Å². The van der Waals surface area contributed by atoms with Crippen LogP contribution >= 0.6 is 0 Å². The van der Waals surface area contributed by atoms with Crippen LogP contribution in [0, 0.1) is 0 Å². The maximum Gasteiger partial charge on any atom is 0.422 e. The van der Waals surface area contributed by atoms with E-state index in [1.54, 1.807) is 0 Å². The third-order valence-electron chi connectivity index (χ3n) is 1.99. The van der Waals surface area contributed by atoms with Crippen molar-refractivity contribution in [1.82, 2.24) is 15.0 Å². The molecule has 2 aromatic heterocycles. The number of nitrogens with zero attached hydrogens (tertiary/aromatic N) is 2. The summed E-state index contributed by atoms with van der Waals surface area (Å²) < 4.78 is 40.7. The SMILES string of the molecule is NCc1nc2nccc(OCC(F)(F)F)c2[nH]1. The number of halogens is 3. The standard InChI is InChI=1S/C9H9F3N4O/c10-9(11,12)4-17-5-1-2-14-8-7(5)15-6(3-13)16-8/h1-2H,3-4,13H2,(H,14,15,16). The topological polar surface area (TPSA) is 76.8 Å². The van der Waals surface area contributed by atoms with E-state index >= 15 is 0 Å². The summed E-state index contributed by atoms with van der Waals surface area (Å²) in [5, 5.41) is 0. The van der Waals surface area contributed by atoms with E-state index in [1.807, 2.05) is 0 Å². The van der Waals surface area contributed by atoms with E-state index in [0.29, 0.717) is 11.3 Å². The summed E-state index contributed by atoms with van der Waals surface area (Å²) in [5.41, 5.74) is 5.96. The van der Waals surface area contributed by atoms with Crippen LogP contribution in [0.15, 0.2) is 12.3 Å². The first-order valence-corrected chi connectivity index (χ1v) is 4.73.